The van der Waals surface area contributed by atoms with Gasteiger partial charge in [-0.25, -0.2) is 4.98 Å². The predicted octanol–water partition coefficient (Wildman–Crippen LogP) is 3.04. The monoisotopic (exact) mass is 328 g/mol. The van der Waals surface area contributed by atoms with Crippen molar-refractivity contribution in [3.8, 4) is 22.8 Å². The first-order chi connectivity index (χ1) is 11.5. The van der Waals surface area contributed by atoms with Crippen LogP contribution in [0.25, 0.3) is 11.1 Å². The summed E-state index contributed by atoms with van der Waals surface area (Å²) in [5.74, 6) is 0.341. The molecule has 2 aromatic rings. The molecule has 0 fully saturated rings. The van der Waals surface area contributed by atoms with Crippen LogP contribution < -0.4 is 14.8 Å². The fraction of sp³-hybridized carbons (Fsp3) is 0.333. The molecule has 0 spiro atoms. The summed E-state index contributed by atoms with van der Waals surface area (Å²) < 4.78 is 11.1. The number of carbonyl (C=O) groups is 1. The first-order valence-electron chi connectivity index (χ1n) is 7.79. The van der Waals surface area contributed by atoms with Gasteiger partial charge >= 0.3 is 5.97 Å². The topological polar surface area (TPSA) is 80.7 Å². The first kappa shape index (κ1) is 16.1. The lowest BCUT2D eigenvalue weighted by Crippen LogP contribution is -2.30. The Balaban J connectivity index is 1.72. The molecule has 0 unspecified atom stereocenters. The van der Waals surface area contributed by atoms with Crippen LogP contribution in [0.15, 0.2) is 36.5 Å². The van der Waals surface area contributed by atoms with Gasteiger partial charge in [0.05, 0.1) is 11.1 Å². The Morgan fingerprint density at radius 2 is 2.12 bits per heavy atom. The highest BCUT2D eigenvalue weighted by Crippen LogP contribution is 2.32. The van der Waals surface area contributed by atoms with Crippen molar-refractivity contribution in [3.05, 3.63) is 36.5 Å². The lowest BCUT2D eigenvalue weighted by molar-refractivity contribution is -0.148. The van der Waals surface area contributed by atoms with Crippen LogP contribution in [0.2, 0.25) is 0 Å². The molecule has 6 heteroatoms. The van der Waals surface area contributed by atoms with Crippen LogP contribution in [-0.2, 0) is 4.79 Å². The van der Waals surface area contributed by atoms with E-state index in [4.69, 9.17) is 14.6 Å². The Morgan fingerprint density at radius 1 is 1.33 bits per heavy atom. The van der Waals surface area contributed by atoms with Gasteiger partial charge in [-0.05, 0) is 37.6 Å². The van der Waals surface area contributed by atoms with Crippen LogP contribution in [0.1, 0.15) is 13.8 Å². The summed E-state index contributed by atoms with van der Waals surface area (Å²) in [4.78, 5) is 15.3. The number of benzene rings is 1. The molecular formula is C18H20N2O4. The van der Waals surface area contributed by atoms with Crippen molar-refractivity contribution < 1.29 is 19.4 Å². The highest BCUT2D eigenvalue weighted by Gasteiger charge is 2.28. The van der Waals surface area contributed by atoms with Crippen molar-refractivity contribution in [3.63, 3.8) is 0 Å². The van der Waals surface area contributed by atoms with E-state index in [1.54, 1.807) is 26.1 Å². The highest BCUT2D eigenvalue weighted by atomic mass is 16.5. The molecule has 3 rings (SSSR count). The Morgan fingerprint density at radius 3 is 2.83 bits per heavy atom. The van der Waals surface area contributed by atoms with Crippen LogP contribution in [0.3, 0.4) is 0 Å². The number of rotatable bonds is 5. The maximum Gasteiger partial charge on any atom is 0.312 e. The quantitative estimate of drug-likeness (QED) is 0.878. The molecule has 0 radical (unpaired) electrons. The number of anilines is 1. The van der Waals surface area contributed by atoms with Crippen LogP contribution in [0, 0.1) is 5.41 Å². The average molecular weight is 328 g/mol. The van der Waals surface area contributed by atoms with Gasteiger partial charge in [-0.1, -0.05) is 6.07 Å². The number of ether oxygens (including phenoxy) is 2. The second-order valence-corrected chi connectivity index (χ2v) is 6.35. The van der Waals surface area contributed by atoms with Crippen molar-refractivity contribution in [2.45, 2.75) is 13.8 Å². The zero-order chi connectivity index (χ0) is 17.2. The fourth-order valence-electron chi connectivity index (χ4n) is 2.27. The van der Waals surface area contributed by atoms with Gasteiger partial charge in [0.1, 0.15) is 19.0 Å². The molecule has 0 aliphatic carbocycles. The lowest BCUT2D eigenvalue weighted by atomic mass is 9.95. The maximum absolute atomic E-state index is 11.1. The number of fused-ring (bicyclic) bond motifs is 1. The lowest BCUT2D eigenvalue weighted by Gasteiger charge is -2.20. The predicted molar refractivity (Wildman–Crippen MR) is 90.6 cm³/mol. The molecule has 1 aromatic carbocycles. The van der Waals surface area contributed by atoms with Crippen LogP contribution >= 0.6 is 0 Å². The minimum atomic E-state index is -0.955. The molecule has 2 N–H and O–H groups in total. The third kappa shape index (κ3) is 3.42. The van der Waals surface area contributed by atoms with Crippen molar-refractivity contribution in [2.24, 2.45) is 5.41 Å². The van der Waals surface area contributed by atoms with E-state index in [9.17, 15) is 4.79 Å². The second-order valence-electron chi connectivity index (χ2n) is 6.35. The van der Waals surface area contributed by atoms with Crippen molar-refractivity contribution in [1.82, 2.24) is 4.98 Å². The number of hydrogen-bond donors (Lipinski definition) is 2. The van der Waals surface area contributed by atoms with Gasteiger partial charge in [-0.3, -0.25) is 4.79 Å². The number of hydrogen-bond acceptors (Lipinski definition) is 5. The van der Waals surface area contributed by atoms with Crippen LogP contribution in [0.4, 0.5) is 5.69 Å². The zero-order valence-electron chi connectivity index (χ0n) is 13.7. The van der Waals surface area contributed by atoms with Gasteiger partial charge < -0.3 is 19.9 Å². The number of nitrogens with zero attached hydrogens (tertiary/aromatic N) is 1. The third-order valence-electron chi connectivity index (χ3n) is 3.89. The van der Waals surface area contributed by atoms with Crippen molar-refractivity contribution in [2.75, 3.05) is 25.1 Å². The van der Waals surface area contributed by atoms with Crippen LogP contribution in [-0.4, -0.2) is 35.8 Å². The van der Waals surface area contributed by atoms with Crippen molar-refractivity contribution in [1.29, 1.82) is 0 Å². The molecule has 0 amide bonds. The van der Waals surface area contributed by atoms with Gasteiger partial charge in [0.15, 0.2) is 0 Å². The van der Waals surface area contributed by atoms with E-state index in [-0.39, 0.29) is 6.61 Å². The SMILES string of the molecule is CC(C)(COc1ccc(-c2ccc3c(c2)OCCN3)cn1)C(=O)O. The molecular weight excluding hydrogens is 308 g/mol. The van der Waals surface area contributed by atoms with E-state index in [1.807, 2.05) is 24.3 Å². The normalized spacial score (nSPS) is 13.4. The summed E-state index contributed by atoms with van der Waals surface area (Å²) in [6.45, 7) is 4.76. The molecule has 6 nitrogen and oxygen atoms in total. The van der Waals surface area contributed by atoms with Crippen LogP contribution in [0.5, 0.6) is 11.6 Å². The summed E-state index contributed by atoms with van der Waals surface area (Å²) in [5.41, 5.74) is 1.98. The van der Waals surface area contributed by atoms with E-state index in [0.717, 1.165) is 29.1 Å². The minimum Gasteiger partial charge on any atom is -0.490 e. The molecule has 0 atom stereocenters. The van der Waals surface area contributed by atoms with Gasteiger partial charge in [0.25, 0.3) is 0 Å². The number of carboxylic acids is 1. The summed E-state index contributed by atoms with van der Waals surface area (Å²) in [5, 5.41) is 12.4. The standard InChI is InChI=1S/C18H20N2O4/c1-18(2,17(21)22)11-24-16-6-4-13(10-20-16)12-3-5-14-15(9-12)23-8-7-19-14/h3-6,9-10,19H,7-8,11H2,1-2H3,(H,21,22). The highest BCUT2D eigenvalue weighted by molar-refractivity contribution is 5.74. The molecule has 2 heterocycles. The first-order valence-corrected chi connectivity index (χ1v) is 7.79. The third-order valence-corrected chi connectivity index (χ3v) is 3.89. The van der Waals surface area contributed by atoms with E-state index in [2.05, 4.69) is 10.3 Å². The number of carboxylic acid groups (broad SMARTS) is 1. The fourth-order valence-corrected chi connectivity index (χ4v) is 2.27. The molecule has 24 heavy (non-hydrogen) atoms. The number of aliphatic carboxylic acids is 1. The largest absolute Gasteiger partial charge is 0.490 e. The molecule has 0 saturated heterocycles. The van der Waals surface area contributed by atoms with Gasteiger partial charge in [0, 0.05) is 24.4 Å². The molecule has 0 bridgehead atoms. The summed E-state index contributed by atoms with van der Waals surface area (Å²) in [6.07, 6.45) is 1.71. The van der Waals surface area contributed by atoms with E-state index in [0.29, 0.717) is 12.5 Å². The number of pyridine rings is 1. The minimum absolute atomic E-state index is 0.0625. The Hall–Kier alpha value is -2.76. The average Bonchev–Trinajstić information content (AvgIpc) is 2.60. The summed E-state index contributed by atoms with van der Waals surface area (Å²) in [7, 11) is 0. The number of nitrogens with one attached hydrogen (secondary N) is 1. The molecule has 0 saturated carbocycles. The molecule has 1 aromatic heterocycles. The Labute approximate surface area is 140 Å². The van der Waals surface area contributed by atoms with Gasteiger partial charge in [-0.2, -0.15) is 0 Å². The number of aromatic nitrogens is 1. The molecule has 1 aliphatic heterocycles. The molecule has 126 valence electrons. The Kier molecular flexibility index (Phi) is 4.29. The van der Waals surface area contributed by atoms with Gasteiger partial charge in [0.2, 0.25) is 5.88 Å². The Bertz CT molecular complexity index is 741. The van der Waals surface area contributed by atoms with E-state index < -0.39 is 11.4 Å². The summed E-state index contributed by atoms with van der Waals surface area (Å²) >= 11 is 0. The summed E-state index contributed by atoms with van der Waals surface area (Å²) in [6, 6.07) is 9.61. The molecule has 1 aliphatic rings. The van der Waals surface area contributed by atoms with Crippen molar-refractivity contribution >= 4 is 11.7 Å². The second kappa shape index (κ2) is 6.39. The smallest absolute Gasteiger partial charge is 0.312 e. The van der Waals surface area contributed by atoms with E-state index >= 15 is 0 Å². The zero-order valence-corrected chi connectivity index (χ0v) is 13.7. The van der Waals surface area contributed by atoms with E-state index in [1.165, 1.54) is 0 Å². The van der Waals surface area contributed by atoms with Gasteiger partial charge in [-0.15, -0.1) is 0 Å². The maximum atomic E-state index is 11.1.